The van der Waals surface area contributed by atoms with Crippen LogP contribution in [0.15, 0.2) is 82.5 Å². The van der Waals surface area contributed by atoms with Gasteiger partial charge in [-0.05, 0) is 81.8 Å². The third-order valence-electron chi connectivity index (χ3n) is 7.82. The summed E-state index contributed by atoms with van der Waals surface area (Å²) < 4.78 is 5.15. The van der Waals surface area contributed by atoms with Gasteiger partial charge in [0.15, 0.2) is 5.78 Å². The first-order chi connectivity index (χ1) is 29.5. The lowest BCUT2D eigenvalue weighted by Crippen LogP contribution is -2.19. The van der Waals surface area contributed by atoms with Crippen LogP contribution in [-0.2, 0) is 11.2 Å². The molecule has 0 saturated heterocycles. The highest BCUT2D eigenvalue weighted by Crippen LogP contribution is 2.24. The van der Waals surface area contributed by atoms with E-state index in [-0.39, 0.29) is 47.5 Å². The molecule has 1 unspecified atom stereocenters. The Morgan fingerprint density at radius 2 is 1.06 bits per heavy atom. The zero-order chi connectivity index (χ0) is 53.0. The van der Waals surface area contributed by atoms with E-state index in [9.17, 15) is 14.4 Å². The van der Waals surface area contributed by atoms with Gasteiger partial charge in [0.1, 0.15) is 11.1 Å². The summed E-state index contributed by atoms with van der Waals surface area (Å²) in [7, 11) is 0. The number of fused-ring (bicyclic) bond motifs is 1. The molecule has 6 nitrogen and oxygen atoms in total. The largest absolute Gasteiger partial charge is 0.481 e. The summed E-state index contributed by atoms with van der Waals surface area (Å²) in [6, 6.07) is 19.4. The number of aliphatic carboxylic acids is 1. The number of aliphatic hydroxyl groups is 1. The smallest absolute Gasteiger partial charge is 0.347 e. The maximum Gasteiger partial charge on any atom is 0.347 e. The number of carboxylic acid groups (broad SMARTS) is 1. The first-order valence-electron chi connectivity index (χ1n) is 23.4. The Morgan fingerprint density at radius 3 is 1.31 bits per heavy atom. The number of carbonyl (C=O) groups excluding carboxylic acids is 1. The van der Waals surface area contributed by atoms with Crippen molar-refractivity contribution in [2.45, 2.75) is 211 Å². The van der Waals surface area contributed by atoms with Gasteiger partial charge >= 0.3 is 11.6 Å². The van der Waals surface area contributed by atoms with E-state index in [0.29, 0.717) is 33.7 Å². The second-order valence-electron chi connectivity index (χ2n) is 25.6. The number of hydrogen-bond acceptors (Lipinski definition) is 5. The van der Waals surface area contributed by atoms with Crippen LogP contribution >= 0.6 is 0 Å². The van der Waals surface area contributed by atoms with Gasteiger partial charge in [0.05, 0.1) is 12.5 Å². The zero-order valence-electron chi connectivity index (χ0n) is 46.3. The molecule has 0 aliphatic rings. The van der Waals surface area contributed by atoms with Gasteiger partial charge in [-0.15, -0.1) is 31.3 Å². The molecule has 2 N–H and O–H groups in total. The molecule has 1 aromatic heterocycles. The predicted molar refractivity (Wildman–Crippen MR) is 295 cm³/mol. The van der Waals surface area contributed by atoms with Crippen molar-refractivity contribution in [3.8, 4) is 24.7 Å². The molecule has 3 aromatic rings. The SMILES string of the molecule is C.C#CCC(C)(C)C.C#CCC(C)(C)C.C=CCC(C)(C)C.CC(C)(C)CC(=O)O.CC(C)(C)CC(=O)c1cc2ccccc2oc1=O.CC(C)(C)Cc1ccccc1.CC(O)CC(C)(C)C. The van der Waals surface area contributed by atoms with Gasteiger partial charge in [-0.1, -0.05) is 207 Å². The molecule has 382 valence electrons. The van der Waals surface area contributed by atoms with Gasteiger partial charge in [0.2, 0.25) is 0 Å². The van der Waals surface area contributed by atoms with Crippen LogP contribution in [0.25, 0.3) is 11.0 Å². The minimum absolute atomic E-state index is 0. The minimum atomic E-state index is -0.725. The quantitative estimate of drug-likeness (QED) is 0.110. The van der Waals surface area contributed by atoms with E-state index >= 15 is 0 Å². The van der Waals surface area contributed by atoms with E-state index < -0.39 is 11.6 Å². The second-order valence-corrected chi connectivity index (χ2v) is 25.6. The second kappa shape index (κ2) is 33.2. The summed E-state index contributed by atoms with van der Waals surface area (Å²) in [6.45, 7) is 49.6. The Bertz CT molecular complexity index is 1890. The lowest BCUT2D eigenvalue weighted by atomic mass is 9.88. The number of para-hydroxylation sites is 1. The third kappa shape index (κ3) is 55.8. The highest BCUT2D eigenvalue weighted by Gasteiger charge is 2.21. The average molecular weight is 931 g/mol. The first-order valence-corrected chi connectivity index (χ1v) is 23.4. The highest BCUT2D eigenvalue weighted by atomic mass is 16.4. The maximum absolute atomic E-state index is 12.1. The molecule has 3 rings (SSSR count). The van der Waals surface area contributed by atoms with Crippen LogP contribution in [0, 0.1) is 62.6 Å². The molecule has 1 heterocycles. The van der Waals surface area contributed by atoms with Crippen molar-refractivity contribution >= 4 is 22.7 Å². The topological polar surface area (TPSA) is 105 Å². The standard InChI is InChI=1S/C15H16O3.C11H16.C7H16O.C7H14.2C7H12.C6H12O2.CH4/c1-15(2,3)9-12(16)11-8-10-6-4-5-7-13(10)18-14(11)17;1-11(2,3)9-10-7-5-4-6-8-10;1-6(8)5-7(2,3)4;3*1-5-6-7(2,3)4;1-6(2,3)4-5(7)8;/h4-8H,9H2,1-3H3;4-8H,9H2,1-3H3;6,8H,5H2,1-4H3;5H,1,6H2,2-4H3;2*1H,6H2,2-4H3;4H2,1-3H3,(H,7,8);1H4. The highest BCUT2D eigenvalue weighted by molar-refractivity contribution is 5.98. The molecule has 0 saturated carbocycles. The maximum atomic E-state index is 12.1. The number of hydrogen-bond donors (Lipinski definition) is 2. The van der Waals surface area contributed by atoms with Crippen LogP contribution in [0.4, 0.5) is 0 Å². The number of rotatable bonds is 6. The first kappa shape index (κ1) is 71.6. The van der Waals surface area contributed by atoms with Gasteiger partial charge in [-0.25, -0.2) is 4.79 Å². The lowest BCUT2D eigenvalue weighted by Gasteiger charge is -2.19. The molecule has 1 atom stereocenters. The number of ketones is 1. The number of terminal acetylenes is 2. The van der Waals surface area contributed by atoms with E-state index in [1.165, 1.54) is 5.56 Å². The molecule has 0 fully saturated rings. The zero-order valence-corrected chi connectivity index (χ0v) is 46.3. The van der Waals surface area contributed by atoms with Gasteiger partial charge in [-0.3, -0.25) is 9.59 Å². The third-order valence-corrected chi connectivity index (χ3v) is 7.82. The Hall–Kier alpha value is -4.39. The predicted octanol–water partition coefficient (Wildman–Crippen LogP) is 17.4. The fourth-order valence-electron chi connectivity index (χ4n) is 5.43. The lowest BCUT2D eigenvalue weighted by molar-refractivity contribution is -0.139. The molecule has 0 aliphatic carbocycles. The summed E-state index contributed by atoms with van der Waals surface area (Å²) in [6.07, 6.45) is 17.4. The fourth-order valence-corrected chi connectivity index (χ4v) is 5.43. The molecular weight excluding hydrogens is 829 g/mol. The number of aliphatic hydroxyl groups excluding tert-OH is 1. The van der Waals surface area contributed by atoms with Crippen molar-refractivity contribution in [2.75, 3.05) is 0 Å². The summed E-state index contributed by atoms with van der Waals surface area (Å²) in [5, 5.41) is 17.9. The molecular formula is C61H102O6. The number of carbonyl (C=O) groups is 2. The minimum Gasteiger partial charge on any atom is -0.481 e. The van der Waals surface area contributed by atoms with Crippen molar-refractivity contribution in [1.29, 1.82) is 0 Å². The van der Waals surface area contributed by atoms with Crippen molar-refractivity contribution in [1.82, 2.24) is 0 Å². The van der Waals surface area contributed by atoms with Crippen LogP contribution in [-0.4, -0.2) is 28.1 Å². The van der Waals surface area contributed by atoms with Gasteiger partial charge in [-0.2, -0.15) is 0 Å². The van der Waals surface area contributed by atoms with Crippen molar-refractivity contribution in [2.24, 2.45) is 37.9 Å². The van der Waals surface area contributed by atoms with Crippen LogP contribution in [0.5, 0.6) is 0 Å². The van der Waals surface area contributed by atoms with Crippen LogP contribution in [0.1, 0.15) is 214 Å². The van der Waals surface area contributed by atoms with Gasteiger partial charge < -0.3 is 14.6 Å². The molecule has 0 amide bonds. The Morgan fingerprint density at radius 1 is 0.642 bits per heavy atom. The summed E-state index contributed by atoms with van der Waals surface area (Å²) in [5.74, 6) is 4.33. The van der Waals surface area contributed by atoms with Gasteiger partial charge in [0, 0.05) is 24.6 Å². The molecule has 67 heavy (non-hydrogen) atoms. The Kier molecular flexibility index (Phi) is 35.4. The van der Waals surface area contributed by atoms with Crippen LogP contribution < -0.4 is 5.63 Å². The number of Topliss-reactive ketones (excluding diaryl/α,β-unsaturated/α-hetero) is 1. The molecule has 0 radical (unpaired) electrons. The molecule has 0 spiro atoms. The summed E-state index contributed by atoms with van der Waals surface area (Å²) in [4.78, 5) is 33.9. The summed E-state index contributed by atoms with van der Waals surface area (Å²) >= 11 is 0. The molecule has 0 bridgehead atoms. The van der Waals surface area contributed by atoms with Crippen LogP contribution in [0.3, 0.4) is 0 Å². The number of carboxylic acids is 1. The van der Waals surface area contributed by atoms with Crippen molar-refractivity contribution in [3.05, 3.63) is 94.9 Å². The monoisotopic (exact) mass is 931 g/mol. The van der Waals surface area contributed by atoms with E-state index in [1.807, 2.05) is 66.7 Å². The summed E-state index contributed by atoms with van der Waals surface area (Å²) in [5.41, 5.74) is 3.04. The van der Waals surface area contributed by atoms with E-state index in [0.717, 1.165) is 37.5 Å². The Balaban J connectivity index is -0.000000232. The number of allylic oxidation sites excluding steroid dienone is 1. The van der Waals surface area contributed by atoms with E-state index in [1.54, 1.807) is 18.2 Å². The molecule has 0 aliphatic heterocycles. The fraction of sp³-hybridized carbons (Fsp3) is 0.623. The average Bonchev–Trinajstić information content (AvgIpc) is 3.05. The van der Waals surface area contributed by atoms with Crippen LogP contribution in [0.2, 0.25) is 0 Å². The normalized spacial score (nSPS) is 11.7. The molecule has 2 aromatic carbocycles. The number of benzene rings is 2. The Labute approximate surface area is 413 Å². The van der Waals surface area contributed by atoms with Crippen molar-refractivity contribution < 1.29 is 24.2 Å². The van der Waals surface area contributed by atoms with Gasteiger partial charge in [0.25, 0.3) is 0 Å². The molecule has 6 heteroatoms. The van der Waals surface area contributed by atoms with Crippen molar-refractivity contribution in [3.63, 3.8) is 0 Å². The van der Waals surface area contributed by atoms with E-state index in [2.05, 4.69) is 153 Å². The van der Waals surface area contributed by atoms with E-state index in [4.69, 9.17) is 27.5 Å².